The molecule has 148 valence electrons. The molecule has 0 amide bonds. The van der Waals surface area contributed by atoms with Gasteiger partial charge in [-0.1, -0.05) is 63.8 Å². The fraction of sp³-hybridized carbons (Fsp3) is 0.708. The summed E-state index contributed by atoms with van der Waals surface area (Å²) >= 11 is 0. The minimum absolute atomic E-state index is 0.430. The van der Waals surface area contributed by atoms with Gasteiger partial charge < -0.3 is 5.11 Å². The standard InChI is InChI=1S/C24H40O2/c1-19-14-15-20(12-9-11-16-23(2,3)4)21(18-19)13-8-7-10-17-24(5,6)22(25)26/h14-15,18H,7-13,16-17H2,1-6H3,(H,25,26). The van der Waals surface area contributed by atoms with Crippen LogP contribution in [-0.4, -0.2) is 11.1 Å². The third kappa shape index (κ3) is 8.87. The molecule has 0 aliphatic heterocycles. The molecular formula is C24H40O2. The van der Waals surface area contributed by atoms with Crippen LogP contribution in [0.3, 0.4) is 0 Å². The summed E-state index contributed by atoms with van der Waals surface area (Å²) in [7, 11) is 0. The number of carboxylic acids is 1. The lowest BCUT2D eigenvalue weighted by Gasteiger charge is -2.19. The second kappa shape index (κ2) is 10.1. The number of rotatable bonds is 11. The molecule has 2 heteroatoms. The molecule has 2 nitrogen and oxygen atoms in total. The van der Waals surface area contributed by atoms with Crippen molar-refractivity contribution in [3.63, 3.8) is 0 Å². The molecule has 0 unspecified atom stereocenters. The highest BCUT2D eigenvalue weighted by Gasteiger charge is 2.25. The zero-order valence-electron chi connectivity index (χ0n) is 18.0. The average Bonchev–Trinajstić information content (AvgIpc) is 2.51. The summed E-state index contributed by atoms with van der Waals surface area (Å²) in [5.41, 5.74) is 4.18. The Bertz CT molecular complexity index is 564. The van der Waals surface area contributed by atoms with Crippen LogP contribution in [0, 0.1) is 17.8 Å². The molecule has 0 saturated carbocycles. The minimum Gasteiger partial charge on any atom is -0.481 e. The van der Waals surface area contributed by atoms with Gasteiger partial charge in [0.2, 0.25) is 0 Å². The third-order valence-electron chi connectivity index (χ3n) is 5.31. The summed E-state index contributed by atoms with van der Waals surface area (Å²) in [5, 5.41) is 9.20. The number of aryl methyl sites for hydroxylation is 3. The molecule has 0 radical (unpaired) electrons. The van der Waals surface area contributed by atoms with Crippen molar-refractivity contribution in [1.82, 2.24) is 0 Å². The fourth-order valence-electron chi connectivity index (χ4n) is 3.37. The average molecular weight is 361 g/mol. The summed E-state index contributed by atoms with van der Waals surface area (Å²) in [6.45, 7) is 12.8. The van der Waals surface area contributed by atoms with E-state index in [9.17, 15) is 9.90 Å². The molecule has 0 spiro atoms. The van der Waals surface area contributed by atoms with Crippen molar-refractivity contribution in [1.29, 1.82) is 0 Å². The molecule has 0 aliphatic rings. The molecular weight excluding hydrogens is 320 g/mol. The van der Waals surface area contributed by atoms with Crippen LogP contribution in [0.25, 0.3) is 0 Å². The molecule has 1 N–H and O–H groups in total. The predicted molar refractivity (Wildman–Crippen MR) is 112 cm³/mol. The molecule has 0 aliphatic carbocycles. The number of hydrogen-bond acceptors (Lipinski definition) is 1. The molecule has 0 heterocycles. The minimum atomic E-state index is -0.686. The Morgan fingerprint density at radius 1 is 0.846 bits per heavy atom. The zero-order chi connectivity index (χ0) is 19.8. The third-order valence-corrected chi connectivity index (χ3v) is 5.31. The smallest absolute Gasteiger partial charge is 0.309 e. The molecule has 0 saturated heterocycles. The van der Waals surface area contributed by atoms with Crippen LogP contribution in [0.1, 0.15) is 96.3 Å². The lowest BCUT2D eigenvalue weighted by Crippen LogP contribution is -2.23. The van der Waals surface area contributed by atoms with Gasteiger partial charge in [-0.3, -0.25) is 4.79 Å². The number of benzene rings is 1. The quantitative estimate of drug-likeness (QED) is 0.433. The van der Waals surface area contributed by atoms with E-state index in [-0.39, 0.29) is 0 Å². The first kappa shape index (κ1) is 22.7. The van der Waals surface area contributed by atoms with Crippen LogP contribution >= 0.6 is 0 Å². The highest BCUT2D eigenvalue weighted by Crippen LogP contribution is 2.25. The number of unbranched alkanes of at least 4 members (excludes halogenated alkanes) is 3. The number of carbonyl (C=O) groups is 1. The van der Waals surface area contributed by atoms with Gasteiger partial charge in [0.1, 0.15) is 0 Å². The van der Waals surface area contributed by atoms with Crippen molar-refractivity contribution in [2.75, 3.05) is 0 Å². The van der Waals surface area contributed by atoms with E-state index in [4.69, 9.17) is 0 Å². The van der Waals surface area contributed by atoms with Gasteiger partial charge in [-0.05, 0) is 75.8 Å². The first-order valence-electron chi connectivity index (χ1n) is 10.3. The maximum absolute atomic E-state index is 11.2. The second-order valence-electron chi connectivity index (χ2n) is 9.79. The maximum atomic E-state index is 11.2. The molecule has 1 aromatic rings. The van der Waals surface area contributed by atoms with Crippen molar-refractivity contribution >= 4 is 5.97 Å². The van der Waals surface area contributed by atoms with Crippen molar-refractivity contribution in [3.8, 4) is 0 Å². The van der Waals surface area contributed by atoms with E-state index in [1.807, 2.05) is 13.8 Å². The summed E-state index contributed by atoms with van der Waals surface area (Å²) < 4.78 is 0. The van der Waals surface area contributed by atoms with E-state index >= 15 is 0 Å². The van der Waals surface area contributed by atoms with Gasteiger partial charge in [-0.25, -0.2) is 0 Å². The SMILES string of the molecule is Cc1ccc(CCCCC(C)(C)C)c(CCCCCC(C)(C)C(=O)O)c1. The highest BCUT2D eigenvalue weighted by atomic mass is 16.4. The Hall–Kier alpha value is -1.31. The Labute approximate surface area is 161 Å². The normalized spacial score (nSPS) is 12.4. The van der Waals surface area contributed by atoms with Crippen molar-refractivity contribution < 1.29 is 9.90 Å². The van der Waals surface area contributed by atoms with Gasteiger partial charge in [-0.15, -0.1) is 0 Å². The Kier molecular flexibility index (Phi) is 8.86. The maximum Gasteiger partial charge on any atom is 0.309 e. The molecule has 1 aromatic carbocycles. The van der Waals surface area contributed by atoms with Crippen LogP contribution in [0.4, 0.5) is 0 Å². The topological polar surface area (TPSA) is 37.3 Å². The zero-order valence-corrected chi connectivity index (χ0v) is 18.0. The van der Waals surface area contributed by atoms with Crippen LogP contribution in [0.5, 0.6) is 0 Å². The predicted octanol–water partition coefficient (Wildman–Crippen LogP) is 6.97. The van der Waals surface area contributed by atoms with E-state index in [0.717, 1.165) is 32.1 Å². The van der Waals surface area contributed by atoms with Gasteiger partial charge >= 0.3 is 5.97 Å². The van der Waals surface area contributed by atoms with E-state index in [0.29, 0.717) is 5.41 Å². The van der Waals surface area contributed by atoms with E-state index in [1.54, 1.807) is 0 Å². The van der Waals surface area contributed by atoms with Crippen LogP contribution in [-0.2, 0) is 17.6 Å². The van der Waals surface area contributed by atoms with Gasteiger partial charge in [0.15, 0.2) is 0 Å². The Balaban J connectivity index is 2.45. The summed E-state index contributed by atoms with van der Waals surface area (Å²) in [4.78, 5) is 11.2. The first-order valence-corrected chi connectivity index (χ1v) is 10.3. The Morgan fingerprint density at radius 2 is 1.42 bits per heavy atom. The molecule has 0 fully saturated rings. The lowest BCUT2D eigenvalue weighted by atomic mass is 9.86. The second-order valence-corrected chi connectivity index (χ2v) is 9.79. The van der Waals surface area contributed by atoms with Crippen molar-refractivity contribution in [2.24, 2.45) is 10.8 Å². The molecule has 0 atom stereocenters. The summed E-state index contributed by atoms with van der Waals surface area (Å²) in [6.07, 6.45) is 10.1. The van der Waals surface area contributed by atoms with Crippen LogP contribution < -0.4 is 0 Å². The van der Waals surface area contributed by atoms with Crippen molar-refractivity contribution in [2.45, 2.75) is 99.3 Å². The molecule has 0 aromatic heterocycles. The lowest BCUT2D eigenvalue weighted by molar-refractivity contribution is -0.147. The number of aliphatic carboxylic acids is 1. The van der Waals surface area contributed by atoms with Gasteiger partial charge in [-0.2, -0.15) is 0 Å². The fourth-order valence-corrected chi connectivity index (χ4v) is 3.37. The highest BCUT2D eigenvalue weighted by molar-refractivity contribution is 5.73. The summed E-state index contributed by atoms with van der Waals surface area (Å²) in [5.74, 6) is -0.686. The first-order chi connectivity index (χ1) is 12.0. The van der Waals surface area contributed by atoms with Crippen LogP contribution in [0.2, 0.25) is 0 Å². The number of carboxylic acid groups (broad SMARTS) is 1. The molecule has 1 rings (SSSR count). The van der Waals surface area contributed by atoms with Gasteiger partial charge in [0, 0.05) is 0 Å². The van der Waals surface area contributed by atoms with Crippen molar-refractivity contribution in [3.05, 3.63) is 34.9 Å². The summed E-state index contributed by atoms with van der Waals surface area (Å²) in [6, 6.07) is 6.90. The Morgan fingerprint density at radius 3 is 2.04 bits per heavy atom. The number of hydrogen-bond donors (Lipinski definition) is 1. The van der Waals surface area contributed by atoms with Gasteiger partial charge in [0.25, 0.3) is 0 Å². The van der Waals surface area contributed by atoms with E-state index in [2.05, 4.69) is 45.9 Å². The molecule has 0 bridgehead atoms. The molecule has 26 heavy (non-hydrogen) atoms. The monoisotopic (exact) mass is 360 g/mol. The largest absolute Gasteiger partial charge is 0.481 e. The van der Waals surface area contributed by atoms with E-state index < -0.39 is 11.4 Å². The van der Waals surface area contributed by atoms with E-state index in [1.165, 1.54) is 42.4 Å². The van der Waals surface area contributed by atoms with Gasteiger partial charge in [0.05, 0.1) is 5.41 Å². The van der Waals surface area contributed by atoms with Crippen LogP contribution in [0.15, 0.2) is 18.2 Å².